The van der Waals surface area contributed by atoms with Crippen LogP contribution in [0.4, 0.5) is 5.69 Å². The van der Waals surface area contributed by atoms with Crippen LogP contribution in [0.3, 0.4) is 0 Å². The molecule has 0 fully saturated rings. The summed E-state index contributed by atoms with van der Waals surface area (Å²) in [6, 6.07) is 12.0. The third-order valence-electron chi connectivity index (χ3n) is 2.58. The first-order valence-electron chi connectivity index (χ1n) is 5.50. The molecule has 2 rings (SSSR count). The van der Waals surface area contributed by atoms with Gasteiger partial charge in [-0.1, -0.05) is 24.3 Å². The van der Waals surface area contributed by atoms with Gasteiger partial charge in [0.15, 0.2) is 0 Å². The van der Waals surface area contributed by atoms with Crippen LogP contribution in [0.1, 0.15) is 20.7 Å². The van der Waals surface area contributed by atoms with E-state index in [4.69, 9.17) is 0 Å². The zero-order valence-corrected chi connectivity index (χ0v) is 9.85. The number of hydroxylamine groups is 1. The smallest absolute Gasteiger partial charge is 0.285 e. The number of amides is 1. The van der Waals surface area contributed by atoms with E-state index in [1.54, 1.807) is 30.3 Å². The Kier molecular flexibility index (Phi) is 3.58. The fourth-order valence-electron chi connectivity index (χ4n) is 1.60. The summed E-state index contributed by atoms with van der Waals surface area (Å²) in [5, 5.41) is 19.9. The minimum Gasteiger partial charge on any atom is -0.507 e. The SMILES string of the molecule is O=Cc1ccc(C(=O)N(O)c2ccccc2)c(O)c1. The van der Waals surface area contributed by atoms with Crippen LogP contribution in [0.2, 0.25) is 0 Å². The Morgan fingerprint density at radius 3 is 2.37 bits per heavy atom. The average molecular weight is 257 g/mol. The molecule has 0 aromatic heterocycles. The summed E-state index contributed by atoms with van der Waals surface area (Å²) >= 11 is 0. The molecule has 5 nitrogen and oxygen atoms in total. The number of hydrogen-bond donors (Lipinski definition) is 2. The topological polar surface area (TPSA) is 77.8 Å². The van der Waals surface area contributed by atoms with Crippen molar-refractivity contribution >= 4 is 17.9 Å². The van der Waals surface area contributed by atoms with Crippen LogP contribution >= 0.6 is 0 Å². The lowest BCUT2D eigenvalue weighted by Gasteiger charge is -2.15. The number of anilines is 1. The first kappa shape index (κ1) is 12.8. The Balaban J connectivity index is 2.32. The van der Waals surface area contributed by atoms with Gasteiger partial charge < -0.3 is 5.11 Å². The molecule has 0 heterocycles. The van der Waals surface area contributed by atoms with Crippen molar-refractivity contribution in [3.63, 3.8) is 0 Å². The Bertz CT molecular complexity index is 610. The molecule has 0 unspecified atom stereocenters. The summed E-state index contributed by atoms with van der Waals surface area (Å²) in [6.45, 7) is 0. The molecule has 1 amide bonds. The number of carbonyl (C=O) groups excluding carboxylic acids is 2. The van der Waals surface area contributed by atoms with Gasteiger partial charge in [0, 0.05) is 5.56 Å². The Morgan fingerprint density at radius 2 is 1.79 bits per heavy atom. The van der Waals surface area contributed by atoms with Crippen molar-refractivity contribution in [1.82, 2.24) is 0 Å². The normalized spacial score (nSPS) is 9.95. The van der Waals surface area contributed by atoms with Crippen molar-refractivity contribution in [2.75, 3.05) is 5.06 Å². The summed E-state index contributed by atoms with van der Waals surface area (Å²) in [6.07, 6.45) is 0.557. The lowest BCUT2D eigenvalue weighted by molar-refractivity contribution is 0.0851. The van der Waals surface area contributed by atoms with Gasteiger partial charge in [0.25, 0.3) is 5.91 Å². The number of phenolic OH excluding ortho intramolecular Hbond substituents is 1. The molecular weight excluding hydrogens is 246 g/mol. The molecule has 0 aliphatic heterocycles. The van der Waals surface area contributed by atoms with Crippen LogP contribution in [-0.2, 0) is 0 Å². The first-order chi connectivity index (χ1) is 9.13. The molecule has 5 heteroatoms. The maximum atomic E-state index is 12.0. The van der Waals surface area contributed by atoms with Gasteiger partial charge in [0.2, 0.25) is 0 Å². The molecule has 0 atom stereocenters. The second-order valence-electron chi connectivity index (χ2n) is 3.85. The zero-order valence-electron chi connectivity index (χ0n) is 9.85. The molecule has 0 spiro atoms. The predicted molar refractivity (Wildman–Crippen MR) is 68.5 cm³/mol. The van der Waals surface area contributed by atoms with Crippen molar-refractivity contribution in [1.29, 1.82) is 0 Å². The van der Waals surface area contributed by atoms with Crippen LogP contribution in [0.5, 0.6) is 5.75 Å². The molecule has 2 aromatic carbocycles. The second-order valence-corrected chi connectivity index (χ2v) is 3.85. The molecule has 0 saturated heterocycles. The minimum atomic E-state index is -0.777. The van der Waals surface area contributed by atoms with Gasteiger partial charge in [0.1, 0.15) is 12.0 Å². The van der Waals surface area contributed by atoms with Crippen LogP contribution in [-0.4, -0.2) is 22.5 Å². The van der Waals surface area contributed by atoms with E-state index < -0.39 is 5.91 Å². The molecule has 19 heavy (non-hydrogen) atoms. The van der Waals surface area contributed by atoms with E-state index in [9.17, 15) is 19.9 Å². The zero-order chi connectivity index (χ0) is 13.8. The number of phenols is 1. The molecular formula is C14H11NO4. The molecule has 0 radical (unpaired) electrons. The third kappa shape index (κ3) is 2.61. The predicted octanol–water partition coefficient (Wildman–Crippen LogP) is 2.24. The quantitative estimate of drug-likeness (QED) is 0.502. The summed E-state index contributed by atoms with van der Waals surface area (Å²) in [5.74, 6) is -1.13. The van der Waals surface area contributed by atoms with Crippen LogP contribution in [0.15, 0.2) is 48.5 Å². The summed E-state index contributed by atoms with van der Waals surface area (Å²) in [7, 11) is 0. The average Bonchev–Trinajstić information content (AvgIpc) is 2.46. The lowest BCUT2D eigenvalue weighted by Crippen LogP contribution is -2.27. The van der Waals surface area contributed by atoms with Gasteiger partial charge >= 0.3 is 0 Å². The van der Waals surface area contributed by atoms with Gasteiger partial charge in [-0.15, -0.1) is 0 Å². The summed E-state index contributed by atoms with van der Waals surface area (Å²) in [4.78, 5) is 22.5. The Morgan fingerprint density at radius 1 is 1.11 bits per heavy atom. The van der Waals surface area contributed by atoms with E-state index >= 15 is 0 Å². The van der Waals surface area contributed by atoms with Gasteiger partial charge in [-0.3, -0.25) is 14.8 Å². The van der Waals surface area contributed by atoms with E-state index in [1.807, 2.05) is 0 Å². The number of rotatable bonds is 3. The standard InChI is InChI=1S/C14H11NO4/c16-9-10-6-7-12(13(17)8-10)14(18)15(19)11-4-2-1-3-5-11/h1-9,17,19H. The number of hydrogen-bond acceptors (Lipinski definition) is 4. The van der Waals surface area contributed by atoms with E-state index in [2.05, 4.69) is 0 Å². The third-order valence-corrected chi connectivity index (χ3v) is 2.58. The minimum absolute atomic E-state index is 0.0862. The van der Waals surface area contributed by atoms with E-state index in [1.165, 1.54) is 18.2 Å². The fourth-order valence-corrected chi connectivity index (χ4v) is 1.60. The second kappa shape index (κ2) is 5.32. The van der Waals surface area contributed by atoms with E-state index in [0.717, 1.165) is 0 Å². The maximum absolute atomic E-state index is 12.0. The number of carbonyl (C=O) groups is 2. The molecule has 2 aromatic rings. The number of nitrogens with zero attached hydrogens (tertiary/aromatic N) is 1. The molecule has 0 saturated carbocycles. The Labute approximate surface area is 109 Å². The number of aldehydes is 1. The highest BCUT2D eigenvalue weighted by atomic mass is 16.5. The van der Waals surface area contributed by atoms with Crippen LogP contribution in [0, 0.1) is 0 Å². The molecule has 0 aliphatic carbocycles. The summed E-state index contributed by atoms with van der Waals surface area (Å²) < 4.78 is 0. The molecule has 2 N–H and O–H groups in total. The lowest BCUT2D eigenvalue weighted by atomic mass is 10.1. The number of benzene rings is 2. The van der Waals surface area contributed by atoms with E-state index in [-0.39, 0.29) is 22.6 Å². The van der Waals surface area contributed by atoms with Crippen molar-refractivity contribution in [3.05, 3.63) is 59.7 Å². The van der Waals surface area contributed by atoms with Crippen molar-refractivity contribution < 1.29 is 19.9 Å². The van der Waals surface area contributed by atoms with Crippen LogP contribution < -0.4 is 5.06 Å². The van der Waals surface area contributed by atoms with Crippen molar-refractivity contribution in [2.45, 2.75) is 0 Å². The molecule has 0 bridgehead atoms. The van der Waals surface area contributed by atoms with E-state index in [0.29, 0.717) is 11.3 Å². The maximum Gasteiger partial charge on any atom is 0.285 e. The monoisotopic (exact) mass is 257 g/mol. The number of aromatic hydroxyl groups is 1. The van der Waals surface area contributed by atoms with Gasteiger partial charge in [-0.25, -0.2) is 0 Å². The van der Waals surface area contributed by atoms with Gasteiger partial charge in [-0.05, 0) is 24.3 Å². The number of para-hydroxylation sites is 1. The molecule has 96 valence electrons. The fraction of sp³-hybridized carbons (Fsp3) is 0. The largest absolute Gasteiger partial charge is 0.507 e. The van der Waals surface area contributed by atoms with Gasteiger partial charge in [-0.2, -0.15) is 5.06 Å². The van der Waals surface area contributed by atoms with Crippen LogP contribution in [0.25, 0.3) is 0 Å². The highest BCUT2D eigenvalue weighted by Crippen LogP contribution is 2.22. The molecule has 0 aliphatic rings. The Hall–Kier alpha value is -2.66. The van der Waals surface area contributed by atoms with Crippen molar-refractivity contribution in [3.8, 4) is 5.75 Å². The highest BCUT2D eigenvalue weighted by molar-refractivity contribution is 6.06. The summed E-state index contributed by atoms with van der Waals surface area (Å²) in [5.41, 5.74) is 0.446. The highest BCUT2D eigenvalue weighted by Gasteiger charge is 2.19. The van der Waals surface area contributed by atoms with Gasteiger partial charge in [0.05, 0.1) is 11.3 Å². The first-order valence-corrected chi connectivity index (χ1v) is 5.50. The van der Waals surface area contributed by atoms with Crippen molar-refractivity contribution in [2.24, 2.45) is 0 Å².